The molecule has 0 aliphatic carbocycles. The summed E-state index contributed by atoms with van der Waals surface area (Å²) in [5, 5.41) is 4.98. The molecule has 442 valence electrons. The molecule has 0 fully saturated rings. The van der Waals surface area contributed by atoms with E-state index in [0.717, 1.165) is 67.8 Å². The molecular weight excluding hydrogens is 1140 g/mol. The summed E-state index contributed by atoms with van der Waals surface area (Å²) in [5.74, 6) is 0. The number of para-hydroxylation sites is 4. The smallest absolute Gasteiger partial charge is 0.0547 e. The van der Waals surface area contributed by atoms with Crippen molar-refractivity contribution in [2.45, 2.75) is 0 Å². The maximum Gasteiger partial charge on any atom is 0.0547 e. The Labute approximate surface area is 547 Å². The van der Waals surface area contributed by atoms with E-state index in [1.165, 1.54) is 88.1 Å². The Hall–Kier alpha value is -12.5. The van der Waals surface area contributed by atoms with E-state index >= 15 is 0 Å². The molecular formula is C90H62N4. The molecule has 4 nitrogen and oxygen atoms in total. The molecule has 0 bridgehead atoms. The number of hydrogen-bond acceptors (Lipinski definition) is 2. The number of benzene rings is 15. The molecule has 17 rings (SSSR count). The zero-order valence-electron chi connectivity index (χ0n) is 51.6. The van der Waals surface area contributed by atoms with Gasteiger partial charge in [0.05, 0.1) is 22.1 Å². The van der Waals surface area contributed by atoms with Gasteiger partial charge >= 0.3 is 0 Å². The molecule has 0 aliphatic rings. The average Bonchev–Trinajstić information content (AvgIpc) is 1.59. The van der Waals surface area contributed by atoms with Gasteiger partial charge in [-0.1, -0.05) is 255 Å². The Morgan fingerprint density at radius 1 is 0.160 bits per heavy atom. The molecule has 0 saturated heterocycles. The van der Waals surface area contributed by atoms with Crippen LogP contribution in [0.25, 0.3) is 122 Å². The van der Waals surface area contributed by atoms with Gasteiger partial charge in [-0.3, -0.25) is 0 Å². The van der Waals surface area contributed by atoms with Crippen molar-refractivity contribution >= 4 is 77.7 Å². The first kappa shape index (κ1) is 55.6. The zero-order chi connectivity index (χ0) is 62.3. The van der Waals surface area contributed by atoms with E-state index in [2.05, 4.69) is 395 Å². The van der Waals surface area contributed by atoms with Crippen molar-refractivity contribution in [1.82, 2.24) is 9.13 Å². The Morgan fingerprint density at radius 2 is 0.383 bits per heavy atom. The van der Waals surface area contributed by atoms with Gasteiger partial charge in [-0.05, 0) is 188 Å². The van der Waals surface area contributed by atoms with Crippen molar-refractivity contribution in [2.24, 2.45) is 0 Å². The van der Waals surface area contributed by atoms with Crippen LogP contribution in [0.5, 0.6) is 0 Å². The number of fused-ring (bicyclic) bond motifs is 6. The lowest BCUT2D eigenvalue weighted by atomic mass is 9.98. The summed E-state index contributed by atoms with van der Waals surface area (Å²) in [6.07, 6.45) is 0. The molecule has 0 saturated carbocycles. The lowest BCUT2D eigenvalue weighted by molar-refractivity contribution is 1.18. The molecule has 0 atom stereocenters. The Morgan fingerprint density at radius 3 is 0.681 bits per heavy atom. The quantitative estimate of drug-likeness (QED) is 0.108. The van der Waals surface area contributed by atoms with E-state index in [-0.39, 0.29) is 0 Å². The molecule has 2 aromatic heterocycles. The summed E-state index contributed by atoms with van der Waals surface area (Å²) >= 11 is 0. The van der Waals surface area contributed by atoms with Crippen molar-refractivity contribution in [3.05, 3.63) is 376 Å². The van der Waals surface area contributed by atoms with E-state index in [4.69, 9.17) is 0 Å². The van der Waals surface area contributed by atoms with Crippen molar-refractivity contribution < 1.29 is 0 Å². The summed E-state index contributed by atoms with van der Waals surface area (Å²) in [7, 11) is 0. The van der Waals surface area contributed by atoms with E-state index in [0.29, 0.717) is 0 Å². The highest BCUT2D eigenvalue weighted by Gasteiger charge is 2.21. The fourth-order valence-corrected chi connectivity index (χ4v) is 14.0. The molecule has 0 unspecified atom stereocenters. The van der Waals surface area contributed by atoms with Crippen LogP contribution < -0.4 is 9.80 Å². The van der Waals surface area contributed by atoms with Crippen LogP contribution in [0.15, 0.2) is 376 Å². The highest BCUT2D eigenvalue weighted by Crippen LogP contribution is 2.45. The van der Waals surface area contributed by atoms with E-state index in [1.807, 2.05) is 0 Å². The van der Waals surface area contributed by atoms with Crippen molar-refractivity contribution in [1.29, 1.82) is 0 Å². The Bertz CT molecular complexity index is 5160. The minimum atomic E-state index is 1.08. The highest BCUT2D eigenvalue weighted by atomic mass is 15.1. The van der Waals surface area contributed by atoms with E-state index in [1.54, 1.807) is 0 Å². The lowest BCUT2D eigenvalue weighted by Crippen LogP contribution is -2.09. The molecule has 0 spiro atoms. The number of anilines is 6. The highest BCUT2D eigenvalue weighted by molar-refractivity contribution is 6.17. The minimum absolute atomic E-state index is 1.08. The SMILES string of the molecule is c1ccc(-c2ccc(N(c3ccc(-c4ccc(-c5ccc(N(c6ccc(-c7ccccc7)cc6)c6ccc(-c7cccc8c7c7ccccc7n8-c7ccccc7)cc6)cc5)cc4)cc3)c3ccc(-c4cccc5c4c4ccccc4n5-c4ccccc4)cc3)cc2)cc1. The van der Waals surface area contributed by atoms with Gasteiger partial charge < -0.3 is 18.9 Å². The summed E-state index contributed by atoms with van der Waals surface area (Å²) in [4.78, 5) is 4.72. The summed E-state index contributed by atoms with van der Waals surface area (Å²) in [6.45, 7) is 0. The monoisotopic (exact) mass is 1200 g/mol. The summed E-state index contributed by atoms with van der Waals surface area (Å²) in [6, 6.07) is 137. The Kier molecular flexibility index (Phi) is 14.2. The molecule has 94 heavy (non-hydrogen) atoms. The third-order valence-corrected chi connectivity index (χ3v) is 18.6. The number of rotatable bonds is 14. The second-order valence-corrected chi connectivity index (χ2v) is 24.0. The van der Waals surface area contributed by atoms with Gasteiger partial charge in [0.25, 0.3) is 0 Å². The standard InChI is InChI=1S/C90H62N4/c1-5-19-63(20-6-1)67-39-51-75(52-40-67)91(79-59-47-71(48-60-79)81-29-17-33-87-89(81)83-27-13-15-31-85(83)93(87)73-23-9-3-10-24-73)77-55-43-69(44-56-77)65-35-37-66(38-36-65)70-45-57-78(58-46-70)92(76-53-41-68(42-54-76)64-21-7-2-8-22-64)80-61-49-72(50-62-80)82-30-18-34-88-90(82)84-28-14-16-32-86(84)94(88)74-25-11-4-12-26-74/h1-62H. The van der Waals surface area contributed by atoms with Gasteiger partial charge in [0.15, 0.2) is 0 Å². The third kappa shape index (κ3) is 10.2. The van der Waals surface area contributed by atoms with Gasteiger partial charge in [-0.15, -0.1) is 0 Å². The van der Waals surface area contributed by atoms with Crippen LogP contribution in [0.2, 0.25) is 0 Å². The van der Waals surface area contributed by atoms with Gasteiger partial charge in [0.1, 0.15) is 0 Å². The van der Waals surface area contributed by atoms with E-state index < -0.39 is 0 Å². The van der Waals surface area contributed by atoms with Crippen LogP contribution in [0.1, 0.15) is 0 Å². The van der Waals surface area contributed by atoms with Crippen molar-refractivity contribution in [2.75, 3.05) is 9.80 Å². The van der Waals surface area contributed by atoms with E-state index in [9.17, 15) is 0 Å². The molecule has 0 N–H and O–H groups in total. The first-order valence-corrected chi connectivity index (χ1v) is 32.2. The largest absolute Gasteiger partial charge is 0.311 e. The maximum atomic E-state index is 2.39. The van der Waals surface area contributed by atoms with Crippen LogP contribution in [-0.2, 0) is 0 Å². The number of aromatic nitrogens is 2. The van der Waals surface area contributed by atoms with Crippen molar-refractivity contribution in [3.8, 4) is 78.1 Å². The molecule has 2 heterocycles. The van der Waals surface area contributed by atoms with Crippen LogP contribution in [-0.4, -0.2) is 9.13 Å². The molecule has 0 aliphatic heterocycles. The van der Waals surface area contributed by atoms with Crippen LogP contribution >= 0.6 is 0 Å². The third-order valence-electron chi connectivity index (χ3n) is 18.6. The topological polar surface area (TPSA) is 16.3 Å². The maximum absolute atomic E-state index is 2.39. The Balaban J connectivity index is 0.666. The van der Waals surface area contributed by atoms with Gasteiger partial charge in [0, 0.05) is 67.0 Å². The van der Waals surface area contributed by atoms with Gasteiger partial charge in [-0.2, -0.15) is 0 Å². The minimum Gasteiger partial charge on any atom is -0.311 e. The van der Waals surface area contributed by atoms with Gasteiger partial charge in [0.2, 0.25) is 0 Å². The second kappa shape index (κ2) is 24.0. The average molecular weight is 1200 g/mol. The molecule has 4 heteroatoms. The fourth-order valence-electron chi connectivity index (χ4n) is 14.0. The first-order chi connectivity index (χ1) is 46.6. The number of nitrogens with zero attached hydrogens (tertiary/aromatic N) is 4. The predicted octanol–water partition coefficient (Wildman–Crippen LogP) is 24.8. The van der Waals surface area contributed by atoms with Crippen LogP contribution in [0.4, 0.5) is 34.1 Å². The fraction of sp³-hybridized carbons (Fsp3) is 0. The molecule has 15 aromatic carbocycles. The second-order valence-electron chi connectivity index (χ2n) is 24.0. The molecule has 17 aromatic rings. The van der Waals surface area contributed by atoms with Crippen LogP contribution in [0, 0.1) is 0 Å². The molecule has 0 radical (unpaired) electrons. The first-order valence-electron chi connectivity index (χ1n) is 32.2. The summed E-state index contributed by atoms with van der Waals surface area (Å²) < 4.78 is 4.77. The van der Waals surface area contributed by atoms with Crippen molar-refractivity contribution in [3.63, 3.8) is 0 Å². The number of hydrogen-bond donors (Lipinski definition) is 0. The summed E-state index contributed by atoms with van der Waals surface area (Å²) in [5.41, 5.74) is 27.7. The normalized spacial score (nSPS) is 11.4. The predicted molar refractivity (Wildman–Crippen MR) is 397 cm³/mol. The zero-order valence-corrected chi connectivity index (χ0v) is 51.6. The van der Waals surface area contributed by atoms with Crippen LogP contribution in [0.3, 0.4) is 0 Å². The lowest BCUT2D eigenvalue weighted by Gasteiger charge is -2.26. The van der Waals surface area contributed by atoms with Gasteiger partial charge in [-0.25, -0.2) is 0 Å². The molecule has 0 amide bonds.